The van der Waals surface area contributed by atoms with Gasteiger partial charge in [-0.1, -0.05) is 24.3 Å². The van der Waals surface area contributed by atoms with Crippen molar-refractivity contribution in [2.24, 2.45) is 0 Å². The van der Waals surface area contributed by atoms with Crippen molar-refractivity contribution in [1.82, 2.24) is 5.32 Å². The molecule has 0 aliphatic heterocycles. The topological polar surface area (TPSA) is 38.3 Å². The Morgan fingerprint density at radius 2 is 2.19 bits per heavy atom. The van der Waals surface area contributed by atoms with Gasteiger partial charge in [0.2, 0.25) is 0 Å². The maximum atomic E-state index is 11.0. The Kier molecular flexibility index (Phi) is 3.57. The molecule has 0 heterocycles. The summed E-state index contributed by atoms with van der Waals surface area (Å²) in [7, 11) is 1.42. The zero-order valence-electron chi connectivity index (χ0n) is 9.53. The molecule has 0 amide bonds. The molecule has 1 N–H and O–H groups in total. The van der Waals surface area contributed by atoms with Crippen LogP contribution < -0.4 is 5.32 Å². The molecule has 3 heteroatoms. The second-order valence-corrected chi connectivity index (χ2v) is 4.17. The number of carbonyl (C=O) groups is 1. The van der Waals surface area contributed by atoms with E-state index in [4.69, 9.17) is 0 Å². The Labute approximate surface area is 95.8 Å². The Hall–Kier alpha value is -1.35. The second kappa shape index (κ2) is 5.12. The van der Waals surface area contributed by atoms with E-state index in [0.29, 0.717) is 12.6 Å². The molecule has 0 saturated heterocycles. The first-order valence-corrected chi connectivity index (χ1v) is 5.66. The van der Waals surface area contributed by atoms with Gasteiger partial charge in [-0.15, -0.1) is 0 Å². The smallest absolute Gasteiger partial charge is 0.319 e. The molecule has 0 radical (unpaired) electrons. The molecule has 16 heavy (non-hydrogen) atoms. The number of benzene rings is 1. The van der Waals surface area contributed by atoms with E-state index in [9.17, 15) is 4.79 Å². The van der Waals surface area contributed by atoms with E-state index in [0.717, 1.165) is 19.3 Å². The highest BCUT2D eigenvalue weighted by molar-refractivity contribution is 5.71. The van der Waals surface area contributed by atoms with Gasteiger partial charge in [-0.25, -0.2) is 0 Å². The molecule has 1 aliphatic carbocycles. The minimum atomic E-state index is -0.196. The SMILES string of the molecule is COC(=O)CN[C@@H]1CCc2ccccc2C1. The van der Waals surface area contributed by atoms with Crippen LogP contribution in [0, 0.1) is 0 Å². The van der Waals surface area contributed by atoms with Crippen LogP contribution in [0.15, 0.2) is 24.3 Å². The first-order chi connectivity index (χ1) is 7.79. The summed E-state index contributed by atoms with van der Waals surface area (Å²) < 4.78 is 4.61. The van der Waals surface area contributed by atoms with Crippen LogP contribution in [0.4, 0.5) is 0 Å². The van der Waals surface area contributed by atoms with Crippen molar-refractivity contribution in [3.8, 4) is 0 Å². The van der Waals surface area contributed by atoms with E-state index >= 15 is 0 Å². The van der Waals surface area contributed by atoms with Crippen molar-refractivity contribution in [1.29, 1.82) is 0 Å². The zero-order chi connectivity index (χ0) is 11.4. The van der Waals surface area contributed by atoms with Crippen LogP contribution in [0.2, 0.25) is 0 Å². The number of aryl methyl sites for hydroxylation is 1. The van der Waals surface area contributed by atoms with Crippen LogP contribution in [-0.2, 0) is 22.4 Å². The van der Waals surface area contributed by atoms with Gasteiger partial charge >= 0.3 is 5.97 Å². The number of methoxy groups -OCH3 is 1. The molecule has 0 fully saturated rings. The number of esters is 1. The van der Waals surface area contributed by atoms with Crippen molar-refractivity contribution in [2.75, 3.05) is 13.7 Å². The molecule has 0 aromatic heterocycles. The maximum Gasteiger partial charge on any atom is 0.319 e. The van der Waals surface area contributed by atoms with Gasteiger partial charge in [0.1, 0.15) is 0 Å². The fraction of sp³-hybridized carbons (Fsp3) is 0.462. The first-order valence-electron chi connectivity index (χ1n) is 5.66. The summed E-state index contributed by atoms with van der Waals surface area (Å²) in [5.74, 6) is -0.196. The standard InChI is InChI=1S/C13H17NO2/c1-16-13(15)9-14-12-7-6-10-4-2-3-5-11(10)8-12/h2-5,12,14H,6-9H2,1H3/t12-/m1/s1. The number of hydrogen-bond acceptors (Lipinski definition) is 3. The average Bonchev–Trinajstić information content (AvgIpc) is 2.35. The van der Waals surface area contributed by atoms with Crippen molar-refractivity contribution in [2.45, 2.75) is 25.3 Å². The van der Waals surface area contributed by atoms with E-state index < -0.39 is 0 Å². The van der Waals surface area contributed by atoms with Crippen molar-refractivity contribution in [3.63, 3.8) is 0 Å². The number of ether oxygens (including phenoxy) is 1. The van der Waals surface area contributed by atoms with Crippen LogP contribution in [0.5, 0.6) is 0 Å². The first kappa shape index (κ1) is 11.1. The molecule has 1 atom stereocenters. The molecule has 1 aliphatic rings. The van der Waals surface area contributed by atoms with Crippen LogP contribution in [0.1, 0.15) is 17.5 Å². The number of rotatable bonds is 3. The van der Waals surface area contributed by atoms with Crippen molar-refractivity contribution in [3.05, 3.63) is 35.4 Å². The van der Waals surface area contributed by atoms with Crippen molar-refractivity contribution >= 4 is 5.97 Å². The lowest BCUT2D eigenvalue weighted by molar-refractivity contribution is -0.139. The molecule has 86 valence electrons. The van der Waals surface area contributed by atoms with Gasteiger partial charge in [0, 0.05) is 6.04 Å². The Bertz CT molecular complexity index is 376. The molecule has 0 saturated carbocycles. The van der Waals surface area contributed by atoms with Gasteiger partial charge in [0.15, 0.2) is 0 Å². The Morgan fingerprint density at radius 3 is 2.94 bits per heavy atom. The third-order valence-corrected chi connectivity index (χ3v) is 3.11. The summed E-state index contributed by atoms with van der Waals surface area (Å²) in [6.07, 6.45) is 3.19. The summed E-state index contributed by atoms with van der Waals surface area (Å²) in [4.78, 5) is 11.0. The molecule has 2 rings (SSSR count). The molecule has 0 spiro atoms. The third-order valence-electron chi connectivity index (χ3n) is 3.11. The molecule has 1 aromatic carbocycles. The van der Waals surface area contributed by atoms with Crippen LogP contribution >= 0.6 is 0 Å². The van der Waals surface area contributed by atoms with Gasteiger partial charge < -0.3 is 10.1 Å². The minimum absolute atomic E-state index is 0.196. The summed E-state index contributed by atoms with van der Waals surface area (Å²) in [5, 5.41) is 3.24. The zero-order valence-corrected chi connectivity index (χ0v) is 9.53. The molecule has 3 nitrogen and oxygen atoms in total. The predicted octanol–water partition coefficient (Wildman–Crippen LogP) is 1.31. The van der Waals surface area contributed by atoms with E-state index in [2.05, 4.69) is 34.3 Å². The lowest BCUT2D eigenvalue weighted by atomic mass is 9.88. The second-order valence-electron chi connectivity index (χ2n) is 4.17. The largest absolute Gasteiger partial charge is 0.468 e. The van der Waals surface area contributed by atoms with E-state index in [1.807, 2.05) is 0 Å². The van der Waals surface area contributed by atoms with Crippen LogP contribution in [0.3, 0.4) is 0 Å². The molecule has 1 aromatic rings. The fourth-order valence-corrected chi connectivity index (χ4v) is 2.17. The van der Waals surface area contributed by atoms with Gasteiger partial charge in [-0.05, 0) is 30.4 Å². The number of carbonyl (C=O) groups excluding carboxylic acids is 1. The van der Waals surface area contributed by atoms with E-state index in [1.54, 1.807) is 0 Å². The lowest BCUT2D eigenvalue weighted by Crippen LogP contribution is -2.38. The summed E-state index contributed by atoms with van der Waals surface area (Å²) in [6.45, 7) is 0.309. The summed E-state index contributed by atoms with van der Waals surface area (Å²) in [5.41, 5.74) is 2.84. The number of nitrogens with one attached hydrogen (secondary N) is 1. The predicted molar refractivity (Wildman–Crippen MR) is 62.3 cm³/mol. The van der Waals surface area contributed by atoms with Gasteiger partial charge in [-0.3, -0.25) is 4.79 Å². The molecular formula is C13H17NO2. The Morgan fingerprint density at radius 1 is 1.44 bits per heavy atom. The van der Waals surface area contributed by atoms with Gasteiger partial charge in [-0.2, -0.15) is 0 Å². The number of hydrogen-bond donors (Lipinski definition) is 1. The number of fused-ring (bicyclic) bond motifs is 1. The lowest BCUT2D eigenvalue weighted by Gasteiger charge is -2.25. The normalized spacial score (nSPS) is 18.9. The van der Waals surface area contributed by atoms with Crippen LogP contribution in [0.25, 0.3) is 0 Å². The monoisotopic (exact) mass is 219 g/mol. The summed E-state index contributed by atoms with van der Waals surface area (Å²) in [6, 6.07) is 8.91. The molecule has 0 unspecified atom stereocenters. The highest BCUT2D eigenvalue weighted by Crippen LogP contribution is 2.20. The fourth-order valence-electron chi connectivity index (χ4n) is 2.17. The Balaban J connectivity index is 1.90. The highest BCUT2D eigenvalue weighted by Gasteiger charge is 2.18. The molecular weight excluding hydrogens is 202 g/mol. The maximum absolute atomic E-state index is 11.0. The summed E-state index contributed by atoms with van der Waals surface area (Å²) >= 11 is 0. The average molecular weight is 219 g/mol. The molecule has 0 bridgehead atoms. The minimum Gasteiger partial charge on any atom is -0.468 e. The third kappa shape index (κ3) is 2.61. The van der Waals surface area contributed by atoms with Gasteiger partial charge in [0.05, 0.1) is 13.7 Å². The van der Waals surface area contributed by atoms with E-state index in [1.165, 1.54) is 18.2 Å². The van der Waals surface area contributed by atoms with Crippen molar-refractivity contribution < 1.29 is 9.53 Å². The van der Waals surface area contributed by atoms with Gasteiger partial charge in [0.25, 0.3) is 0 Å². The van der Waals surface area contributed by atoms with E-state index in [-0.39, 0.29) is 5.97 Å². The van der Waals surface area contributed by atoms with Crippen LogP contribution in [-0.4, -0.2) is 25.7 Å². The quantitative estimate of drug-likeness (QED) is 0.779. The highest BCUT2D eigenvalue weighted by atomic mass is 16.5.